The van der Waals surface area contributed by atoms with Crippen molar-refractivity contribution in [3.8, 4) is 5.75 Å². The third-order valence-electron chi connectivity index (χ3n) is 3.08. The van der Waals surface area contributed by atoms with Gasteiger partial charge in [0.05, 0.1) is 11.5 Å². The van der Waals surface area contributed by atoms with Crippen LogP contribution in [0.4, 0.5) is 0 Å². The van der Waals surface area contributed by atoms with Gasteiger partial charge in [-0.1, -0.05) is 17.7 Å². The van der Waals surface area contributed by atoms with E-state index in [0.717, 1.165) is 0 Å². The van der Waals surface area contributed by atoms with Crippen molar-refractivity contribution >= 4 is 27.3 Å². The first kappa shape index (κ1) is 15.1. The SMILES string of the molecule is O=C(COc1cccc(Cl)c1)NC[C@@H]1CCS(=O)(=O)C1. The normalized spacial score (nSPS) is 20.6. The van der Waals surface area contributed by atoms with Gasteiger partial charge in [0, 0.05) is 11.6 Å². The van der Waals surface area contributed by atoms with Crippen molar-refractivity contribution in [3.63, 3.8) is 0 Å². The minimum absolute atomic E-state index is 0.00937. The fourth-order valence-corrected chi connectivity index (χ4v) is 4.09. The number of amides is 1. The largest absolute Gasteiger partial charge is 0.484 e. The number of rotatable bonds is 5. The van der Waals surface area contributed by atoms with Crippen LogP contribution in [0.3, 0.4) is 0 Å². The highest BCUT2D eigenvalue weighted by Gasteiger charge is 2.27. The van der Waals surface area contributed by atoms with Crippen LogP contribution in [0.25, 0.3) is 0 Å². The number of hydrogen-bond donors (Lipinski definition) is 1. The highest BCUT2D eigenvalue weighted by Crippen LogP contribution is 2.18. The first-order chi connectivity index (χ1) is 9.44. The third kappa shape index (κ3) is 4.68. The molecule has 0 aromatic heterocycles. The summed E-state index contributed by atoms with van der Waals surface area (Å²) >= 11 is 5.80. The first-order valence-electron chi connectivity index (χ1n) is 6.30. The molecule has 5 nitrogen and oxygen atoms in total. The Morgan fingerprint density at radius 2 is 2.25 bits per heavy atom. The summed E-state index contributed by atoms with van der Waals surface area (Å²) in [5, 5.41) is 3.23. The quantitative estimate of drug-likeness (QED) is 0.887. The Labute approximate surface area is 123 Å². The lowest BCUT2D eigenvalue weighted by molar-refractivity contribution is -0.123. The summed E-state index contributed by atoms with van der Waals surface area (Å²) < 4.78 is 27.8. The van der Waals surface area contributed by atoms with E-state index in [9.17, 15) is 13.2 Å². The zero-order valence-electron chi connectivity index (χ0n) is 10.8. The summed E-state index contributed by atoms with van der Waals surface area (Å²) in [6.07, 6.45) is 0.609. The van der Waals surface area contributed by atoms with E-state index >= 15 is 0 Å². The zero-order valence-corrected chi connectivity index (χ0v) is 12.4. The van der Waals surface area contributed by atoms with Gasteiger partial charge in [-0.25, -0.2) is 8.42 Å². The highest BCUT2D eigenvalue weighted by atomic mass is 35.5. The summed E-state index contributed by atoms with van der Waals surface area (Å²) in [5.41, 5.74) is 0. The number of ether oxygens (including phenoxy) is 1. The van der Waals surface area contributed by atoms with Gasteiger partial charge in [0.15, 0.2) is 16.4 Å². The van der Waals surface area contributed by atoms with Crippen LogP contribution in [0.5, 0.6) is 5.75 Å². The molecule has 0 radical (unpaired) electrons. The number of carbonyl (C=O) groups excluding carboxylic acids is 1. The Morgan fingerprint density at radius 1 is 1.45 bits per heavy atom. The lowest BCUT2D eigenvalue weighted by Crippen LogP contribution is -2.33. The van der Waals surface area contributed by atoms with Crippen LogP contribution in [0.2, 0.25) is 5.02 Å². The predicted molar refractivity (Wildman–Crippen MR) is 76.7 cm³/mol. The molecule has 1 fully saturated rings. The molecule has 0 bridgehead atoms. The van der Waals surface area contributed by atoms with Crippen molar-refractivity contribution in [3.05, 3.63) is 29.3 Å². The molecule has 0 unspecified atom stereocenters. The summed E-state index contributed by atoms with van der Waals surface area (Å²) in [7, 11) is -2.90. The fourth-order valence-electron chi connectivity index (χ4n) is 2.05. The molecule has 110 valence electrons. The van der Waals surface area contributed by atoms with Gasteiger partial charge in [-0.2, -0.15) is 0 Å². The molecule has 1 atom stereocenters. The smallest absolute Gasteiger partial charge is 0.257 e. The van der Waals surface area contributed by atoms with Crippen molar-refractivity contribution in [2.24, 2.45) is 5.92 Å². The Morgan fingerprint density at radius 3 is 2.90 bits per heavy atom. The van der Waals surface area contributed by atoms with Gasteiger partial charge in [-0.05, 0) is 30.5 Å². The molecule has 20 heavy (non-hydrogen) atoms. The Hall–Kier alpha value is -1.27. The minimum Gasteiger partial charge on any atom is -0.484 e. The van der Waals surface area contributed by atoms with Crippen LogP contribution >= 0.6 is 11.6 Å². The molecular weight excluding hydrogens is 302 g/mol. The summed E-state index contributed by atoms with van der Waals surface area (Å²) in [4.78, 5) is 11.6. The molecule has 0 spiro atoms. The summed E-state index contributed by atoms with van der Waals surface area (Å²) in [5.74, 6) is 0.634. The first-order valence-corrected chi connectivity index (χ1v) is 8.50. The van der Waals surface area contributed by atoms with E-state index in [1.165, 1.54) is 0 Å². The molecule has 1 N–H and O–H groups in total. The number of nitrogens with one attached hydrogen (secondary N) is 1. The Bertz CT molecular complexity index is 588. The molecule has 1 aromatic carbocycles. The van der Waals surface area contributed by atoms with E-state index < -0.39 is 9.84 Å². The second-order valence-corrected chi connectivity index (χ2v) is 7.48. The number of hydrogen-bond acceptors (Lipinski definition) is 4. The second kappa shape index (κ2) is 6.45. The lowest BCUT2D eigenvalue weighted by atomic mass is 10.1. The maximum atomic E-state index is 11.6. The highest BCUT2D eigenvalue weighted by molar-refractivity contribution is 7.91. The van der Waals surface area contributed by atoms with Gasteiger partial charge in [0.2, 0.25) is 0 Å². The fraction of sp³-hybridized carbons (Fsp3) is 0.462. The van der Waals surface area contributed by atoms with Crippen LogP contribution < -0.4 is 10.1 Å². The number of benzene rings is 1. The average Bonchev–Trinajstić information content (AvgIpc) is 2.74. The monoisotopic (exact) mass is 317 g/mol. The molecule has 1 amide bonds. The third-order valence-corrected chi connectivity index (χ3v) is 5.15. The molecule has 1 heterocycles. The summed E-state index contributed by atoms with van der Waals surface area (Å²) in [6.45, 7) is 0.261. The van der Waals surface area contributed by atoms with E-state index in [1.54, 1.807) is 24.3 Å². The number of sulfone groups is 1. The lowest BCUT2D eigenvalue weighted by Gasteiger charge is -2.10. The van der Waals surface area contributed by atoms with Crippen molar-refractivity contribution < 1.29 is 17.9 Å². The molecule has 7 heteroatoms. The van der Waals surface area contributed by atoms with Gasteiger partial charge >= 0.3 is 0 Å². The van der Waals surface area contributed by atoms with Gasteiger partial charge < -0.3 is 10.1 Å². The predicted octanol–water partition coefficient (Wildman–Crippen LogP) is 1.27. The maximum Gasteiger partial charge on any atom is 0.257 e. The van der Waals surface area contributed by atoms with Crippen LogP contribution in [0.1, 0.15) is 6.42 Å². The number of carbonyl (C=O) groups is 1. The van der Waals surface area contributed by atoms with E-state index in [4.69, 9.17) is 16.3 Å². The molecular formula is C13H16ClNO4S. The van der Waals surface area contributed by atoms with Crippen molar-refractivity contribution in [1.82, 2.24) is 5.32 Å². The van der Waals surface area contributed by atoms with Crippen molar-refractivity contribution in [2.75, 3.05) is 24.7 Å². The average molecular weight is 318 g/mol. The molecule has 1 aliphatic heterocycles. The Kier molecular flexibility index (Phi) is 4.88. The van der Waals surface area contributed by atoms with E-state index in [-0.39, 0.29) is 29.9 Å². The molecule has 1 saturated heterocycles. The minimum atomic E-state index is -2.90. The Balaban J connectivity index is 1.71. The van der Waals surface area contributed by atoms with Gasteiger partial charge in [0.1, 0.15) is 5.75 Å². The number of halogens is 1. The van der Waals surface area contributed by atoms with E-state index in [0.29, 0.717) is 23.7 Å². The molecule has 0 aliphatic carbocycles. The molecule has 1 aromatic rings. The maximum absolute atomic E-state index is 11.6. The molecule has 2 rings (SSSR count). The molecule has 1 aliphatic rings. The van der Waals surface area contributed by atoms with Crippen molar-refractivity contribution in [2.45, 2.75) is 6.42 Å². The zero-order chi connectivity index (χ0) is 14.6. The van der Waals surface area contributed by atoms with Crippen LogP contribution in [-0.2, 0) is 14.6 Å². The second-order valence-electron chi connectivity index (χ2n) is 4.82. The molecule has 0 saturated carbocycles. The van der Waals surface area contributed by atoms with Crippen LogP contribution in [-0.4, -0.2) is 39.0 Å². The van der Waals surface area contributed by atoms with E-state index in [1.807, 2.05) is 0 Å². The van der Waals surface area contributed by atoms with Gasteiger partial charge in [0.25, 0.3) is 5.91 Å². The van der Waals surface area contributed by atoms with Gasteiger partial charge in [-0.3, -0.25) is 4.79 Å². The van der Waals surface area contributed by atoms with Crippen LogP contribution in [0, 0.1) is 5.92 Å². The standard InChI is InChI=1S/C13H16ClNO4S/c14-11-2-1-3-12(6-11)19-8-13(16)15-7-10-4-5-20(17,18)9-10/h1-3,6,10H,4-5,7-9H2,(H,15,16)/t10-/m0/s1. The van der Waals surface area contributed by atoms with Crippen LogP contribution in [0.15, 0.2) is 24.3 Å². The topological polar surface area (TPSA) is 72.5 Å². The van der Waals surface area contributed by atoms with Gasteiger partial charge in [-0.15, -0.1) is 0 Å². The van der Waals surface area contributed by atoms with E-state index in [2.05, 4.69) is 5.32 Å². The van der Waals surface area contributed by atoms with Crippen molar-refractivity contribution in [1.29, 1.82) is 0 Å². The summed E-state index contributed by atoms with van der Waals surface area (Å²) in [6, 6.07) is 6.79.